The fourth-order valence-electron chi connectivity index (χ4n) is 1.58. The molecule has 0 atom stereocenters. The molecule has 0 aliphatic rings. The predicted molar refractivity (Wildman–Crippen MR) is 73.5 cm³/mol. The van der Waals surface area contributed by atoms with Crippen molar-refractivity contribution in [2.45, 2.75) is 6.92 Å². The molecule has 0 heterocycles. The van der Waals surface area contributed by atoms with Crippen molar-refractivity contribution >= 4 is 17.3 Å². The van der Waals surface area contributed by atoms with Crippen LogP contribution in [0.3, 0.4) is 0 Å². The zero-order valence-electron chi connectivity index (χ0n) is 11.0. The Bertz CT molecular complexity index is 462. The Morgan fingerprint density at radius 1 is 1.37 bits per heavy atom. The van der Waals surface area contributed by atoms with Crippen molar-refractivity contribution in [3.8, 4) is 0 Å². The number of rotatable bonds is 7. The van der Waals surface area contributed by atoms with Gasteiger partial charge in [-0.1, -0.05) is 6.92 Å². The van der Waals surface area contributed by atoms with Crippen LogP contribution >= 0.6 is 0 Å². The van der Waals surface area contributed by atoms with Crippen LogP contribution in [0.15, 0.2) is 18.2 Å². The minimum Gasteiger partial charge on any atom is -0.378 e. The number of likely N-dealkylation sites (N-methyl/N-ethyl adjacent to an activating group) is 1. The Hall–Kier alpha value is -2.15. The molecule has 0 bridgehead atoms. The van der Waals surface area contributed by atoms with Crippen molar-refractivity contribution in [3.63, 3.8) is 0 Å². The molecule has 3 N–H and O–H groups in total. The lowest BCUT2D eigenvalue weighted by Gasteiger charge is -2.09. The van der Waals surface area contributed by atoms with Crippen LogP contribution in [-0.4, -0.2) is 37.5 Å². The number of nitrogens with one attached hydrogen (secondary N) is 3. The van der Waals surface area contributed by atoms with Gasteiger partial charge in [-0.25, -0.2) is 0 Å². The number of hydrogen-bond acceptors (Lipinski definition) is 5. The zero-order chi connectivity index (χ0) is 14.3. The number of hydrogen-bond donors (Lipinski definition) is 3. The van der Waals surface area contributed by atoms with Gasteiger partial charge in [-0.3, -0.25) is 14.9 Å². The van der Waals surface area contributed by atoms with Gasteiger partial charge in [0.05, 0.1) is 4.92 Å². The van der Waals surface area contributed by atoms with E-state index in [-0.39, 0.29) is 11.6 Å². The second kappa shape index (κ2) is 7.32. The van der Waals surface area contributed by atoms with Crippen molar-refractivity contribution in [2.75, 3.05) is 32.0 Å². The van der Waals surface area contributed by atoms with Crippen LogP contribution in [0.5, 0.6) is 0 Å². The quantitative estimate of drug-likeness (QED) is 0.388. The number of anilines is 1. The van der Waals surface area contributed by atoms with Gasteiger partial charge in [0.25, 0.3) is 11.6 Å². The lowest BCUT2D eigenvalue weighted by molar-refractivity contribution is -0.384. The number of nitro groups is 1. The fraction of sp³-hybridized carbons (Fsp3) is 0.417. The molecule has 19 heavy (non-hydrogen) atoms. The lowest BCUT2D eigenvalue weighted by atomic mass is 10.1. The summed E-state index contributed by atoms with van der Waals surface area (Å²) in [5.74, 6) is -0.273. The van der Waals surface area contributed by atoms with E-state index in [1.807, 2.05) is 6.92 Å². The van der Waals surface area contributed by atoms with Crippen LogP contribution in [0.1, 0.15) is 17.3 Å². The minimum atomic E-state index is -0.469. The van der Waals surface area contributed by atoms with Gasteiger partial charge >= 0.3 is 0 Å². The highest BCUT2D eigenvalue weighted by atomic mass is 16.6. The summed E-state index contributed by atoms with van der Waals surface area (Å²) < 4.78 is 0. The van der Waals surface area contributed by atoms with Gasteiger partial charge in [-0.05, 0) is 18.7 Å². The monoisotopic (exact) mass is 266 g/mol. The van der Waals surface area contributed by atoms with Crippen LogP contribution in [0, 0.1) is 10.1 Å². The molecule has 1 aromatic rings. The van der Waals surface area contributed by atoms with Gasteiger partial charge in [-0.15, -0.1) is 0 Å². The molecule has 104 valence electrons. The van der Waals surface area contributed by atoms with E-state index in [1.54, 1.807) is 0 Å². The van der Waals surface area contributed by atoms with Crippen LogP contribution < -0.4 is 16.0 Å². The van der Waals surface area contributed by atoms with Gasteiger partial charge in [0.2, 0.25) is 0 Å². The van der Waals surface area contributed by atoms with E-state index in [0.717, 1.165) is 6.54 Å². The normalized spacial score (nSPS) is 10.0. The first-order valence-electron chi connectivity index (χ1n) is 6.05. The van der Waals surface area contributed by atoms with E-state index in [2.05, 4.69) is 16.0 Å². The second-order valence-corrected chi connectivity index (χ2v) is 3.85. The van der Waals surface area contributed by atoms with E-state index >= 15 is 0 Å². The summed E-state index contributed by atoms with van der Waals surface area (Å²) in [5, 5.41) is 19.5. The molecule has 7 heteroatoms. The number of benzene rings is 1. The molecule has 1 amide bonds. The summed E-state index contributed by atoms with van der Waals surface area (Å²) in [6.45, 7) is 4.06. The summed E-state index contributed by atoms with van der Waals surface area (Å²) in [6.07, 6.45) is 0. The van der Waals surface area contributed by atoms with Crippen molar-refractivity contribution < 1.29 is 9.72 Å². The average molecular weight is 266 g/mol. The third-order valence-electron chi connectivity index (χ3n) is 2.55. The van der Waals surface area contributed by atoms with Crippen LogP contribution in [0.25, 0.3) is 0 Å². The molecule has 0 spiro atoms. The summed E-state index contributed by atoms with van der Waals surface area (Å²) in [4.78, 5) is 21.9. The third kappa shape index (κ3) is 4.22. The SMILES string of the molecule is CCNCCNc1cc(C(=O)NC)ccc1[N+](=O)[O-]. The Balaban J connectivity index is 2.89. The van der Waals surface area contributed by atoms with Crippen LogP contribution in [-0.2, 0) is 0 Å². The van der Waals surface area contributed by atoms with E-state index < -0.39 is 4.92 Å². The third-order valence-corrected chi connectivity index (χ3v) is 2.55. The Labute approximate surface area is 111 Å². The minimum absolute atomic E-state index is 0.0378. The summed E-state index contributed by atoms with van der Waals surface area (Å²) >= 11 is 0. The second-order valence-electron chi connectivity index (χ2n) is 3.85. The predicted octanol–water partition coefficient (Wildman–Crippen LogP) is 0.976. The van der Waals surface area contributed by atoms with E-state index in [4.69, 9.17) is 0 Å². The standard InChI is InChI=1S/C12H18N4O3/c1-3-14-6-7-15-10-8-9(12(17)13-2)4-5-11(10)16(18)19/h4-5,8,14-15H,3,6-7H2,1-2H3,(H,13,17). The van der Waals surface area contributed by atoms with Crippen molar-refractivity contribution in [1.29, 1.82) is 0 Å². The van der Waals surface area contributed by atoms with Crippen molar-refractivity contribution in [1.82, 2.24) is 10.6 Å². The van der Waals surface area contributed by atoms with Crippen molar-refractivity contribution in [3.05, 3.63) is 33.9 Å². The molecular weight excluding hydrogens is 248 g/mol. The Kier molecular flexibility index (Phi) is 5.74. The molecule has 0 saturated heterocycles. The Morgan fingerprint density at radius 2 is 2.11 bits per heavy atom. The molecule has 1 rings (SSSR count). The molecule has 0 fully saturated rings. The van der Waals surface area contributed by atoms with Crippen molar-refractivity contribution in [2.24, 2.45) is 0 Å². The van der Waals surface area contributed by atoms with E-state index in [1.165, 1.54) is 25.2 Å². The van der Waals surface area contributed by atoms with Gasteiger partial charge < -0.3 is 16.0 Å². The number of carbonyl (C=O) groups is 1. The lowest BCUT2D eigenvalue weighted by Crippen LogP contribution is -2.22. The molecule has 0 unspecified atom stereocenters. The number of amides is 1. The molecule has 0 saturated carbocycles. The molecular formula is C12H18N4O3. The average Bonchev–Trinajstić information content (AvgIpc) is 2.42. The maximum atomic E-state index is 11.5. The highest BCUT2D eigenvalue weighted by Gasteiger charge is 2.15. The van der Waals surface area contributed by atoms with E-state index in [0.29, 0.717) is 24.3 Å². The molecule has 0 aliphatic heterocycles. The van der Waals surface area contributed by atoms with E-state index in [9.17, 15) is 14.9 Å². The maximum absolute atomic E-state index is 11.5. The Morgan fingerprint density at radius 3 is 2.68 bits per heavy atom. The highest BCUT2D eigenvalue weighted by molar-refractivity contribution is 5.95. The molecule has 0 aromatic heterocycles. The first-order valence-corrected chi connectivity index (χ1v) is 6.05. The van der Waals surface area contributed by atoms with Gasteiger partial charge in [0.1, 0.15) is 5.69 Å². The van der Waals surface area contributed by atoms with Gasteiger partial charge in [0, 0.05) is 31.8 Å². The zero-order valence-corrected chi connectivity index (χ0v) is 11.0. The summed E-state index contributed by atoms with van der Waals surface area (Å²) in [6, 6.07) is 4.26. The molecule has 0 aliphatic carbocycles. The van der Waals surface area contributed by atoms with Gasteiger partial charge in [-0.2, -0.15) is 0 Å². The smallest absolute Gasteiger partial charge is 0.292 e. The summed E-state index contributed by atoms with van der Waals surface area (Å²) in [5.41, 5.74) is 0.701. The first kappa shape index (κ1) is 14.9. The summed E-state index contributed by atoms with van der Waals surface area (Å²) in [7, 11) is 1.52. The number of nitro benzene ring substituents is 1. The molecule has 0 radical (unpaired) electrons. The topological polar surface area (TPSA) is 96.3 Å². The molecule has 1 aromatic carbocycles. The largest absolute Gasteiger partial charge is 0.378 e. The van der Waals surface area contributed by atoms with Crippen LogP contribution in [0.2, 0.25) is 0 Å². The van der Waals surface area contributed by atoms with Gasteiger partial charge in [0.15, 0.2) is 0 Å². The fourth-order valence-corrected chi connectivity index (χ4v) is 1.58. The maximum Gasteiger partial charge on any atom is 0.292 e. The first-order chi connectivity index (χ1) is 9.10. The molecule has 7 nitrogen and oxygen atoms in total. The number of carbonyl (C=O) groups excluding carboxylic acids is 1. The highest BCUT2D eigenvalue weighted by Crippen LogP contribution is 2.25. The number of nitrogens with zero attached hydrogens (tertiary/aromatic N) is 1. The van der Waals surface area contributed by atoms with Crippen LogP contribution in [0.4, 0.5) is 11.4 Å².